The summed E-state index contributed by atoms with van der Waals surface area (Å²) in [5.74, 6) is 0. The lowest BCUT2D eigenvalue weighted by atomic mass is 9.94. The van der Waals surface area contributed by atoms with Crippen molar-refractivity contribution in [1.82, 2.24) is 0 Å². The average molecular weight is 518 g/mol. The van der Waals surface area contributed by atoms with Crippen molar-refractivity contribution in [1.29, 1.82) is 0 Å². The molecule has 4 rings (SSSR count). The summed E-state index contributed by atoms with van der Waals surface area (Å²) >= 11 is 14.9. The molecule has 0 unspecified atom stereocenters. The van der Waals surface area contributed by atoms with Crippen molar-refractivity contribution in [2.45, 2.75) is 0 Å². The Kier molecular flexibility index (Phi) is 3.15. The van der Waals surface area contributed by atoms with Gasteiger partial charge in [0.1, 0.15) is 0 Å². The molecule has 0 bridgehead atoms. The van der Waals surface area contributed by atoms with Gasteiger partial charge in [0.2, 0.25) is 0 Å². The minimum Gasteiger partial charge on any atom is -0.0610 e. The predicted octanol–water partition coefficient (Wildman–Crippen LogP) is 7.63. The van der Waals surface area contributed by atoms with Gasteiger partial charge in [-0.25, -0.2) is 0 Å². The van der Waals surface area contributed by atoms with Crippen LogP contribution in [0.5, 0.6) is 0 Å². The summed E-state index contributed by atoms with van der Waals surface area (Å²) in [5, 5.41) is 7.50. The molecule has 0 heterocycles. The first-order chi connectivity index (χ1) is 9.61. The van der Waals surface area contributed by atoms with Gasteiger partial charge in [-0.05, 0) is 96.0 Å². The standard InChI is InChI=1S/C16H6Br4/c17-13-7-3-1-4-8-11(7)12-9(15(13)19)5-2-6-10(12)16(20)14(8)18/h1-6H. The molecule has 0 radical (unpaired) electrons. The van der Waals surface area contributed by atoms with Gasteiger partial charge in [-0.15, -0.1) is 0 Å². The van der Waals surface area contributed by atoms with E-state index in [-0.39, 0.29) is 0 Å². The molecule has 0 N–H and O–H groups in total. The first kappa shape index (κ1) is 13.5. The number of rotatable bonds is 0. The summed E-state index contributed by atoms with van der Waals surface area (Å²) in [4.78, 5) is 0. The van der Waals surface area contributed by atoms with Crippen molar-refractivity contribution >= 4 is 96.0 Å². The summed E-state index contributed by atoms with van der Waals surface area (Å²) in [7, 11) is 0. The van der Waals surface area contributed by atoms with Crippen LogP contribution in [0.1, 0.15) is 0 Å². The molecular formula is C16H6Br4. The molecule has 0 saturated carbocycles. The molecule has 0 atom stereocenters. The summed E-state index contributed by atoms with van der Waals surface area (Å²) < 4.78 is 4.43. The topological polar surface area (TPSA) is 0 Å². The fraction of sp³-hybridized carbons (Fsp3) is 0. The van der Waals surface area contributed by atoms with Crippen molar-refractivity contribution in [2.75, 3.05) is 0 Å². The Bertz CT molecular complexity index is 835. The SMILES string of the molecule is Brc1c(Br)c2cccc3c(Br)c(Br)c4cccc1c4c23. The van der Waals surface area contributed by atoms with Crippen LogP contribution in [0.3, 0.4) is 0 Å². The van der Waals surface area contributed by atoms with E-state index in [1.165, 1.54) is 32.3 Å². The van der Waals surface area contributed by atoms with Crippen molar-refractivity contribution < 1.29 is 0 Å². The predicted molar refractivity (Wildman–Crippen MR) is 101 cm³/mol. The largest absolute Gasteiger partial charge is 0.0610 e. The van der Waals surface area contributed by atoms with Crippen LogP contribution in [0.15, 0.2) is 54.3 Å². The fourth-order valence-corrected chi connectivity index (χ4v) is 5.02. The van der Waals surface area contributed by atoms with E-state index in [9.17, 15) is 0 Å². The summed E-state index contributed by atoms with van der Waals surface area (Å²) in [6.45, 7) is 0. The minimum atomic E-state index is 1.11. The molecule has 20 heavy (non-hydrogen) atoms. The second-order valence-corrected chi connectivity index (χ2v) is 7.88. The maximum Gasteiger partial charge on any atom is 0.0402 e. The van der Waals surface area contributed by atoms with Gasteiger partial charge in [-0.3, -0.25) is 0 Å². The molecule has 4 aromatic carbocycles. The van der Waals surface area contributed by atoms with Crippen molar-refractivity contribution in [2.24, 2.45) is 0 Å². The minimum absolute atomic E-state index is 1.11. The third-order valence-electron chi connectivity index (χ3n) is 3.71. The van der Waals surface area contributed by atoms with Crippen LogP contribution in [0.4, 0.5) is 0 Å². The number of benzene rings is 4. The number of halogens is 4. The zero-order valence-corrected chi connectivity index (χ0v) is 16.3. The van der Waals surface area contributed by atoms with Crippen LogP contribution in [0, 0.1) is 0 Å². The van der Waals surface area contributed by atoms with Crippen molar-refractivity contribution in [3.63, 3.8) is 0 Å². The van der Waals surface area contributed by atoms with E-state index in [2.05, 4.69) is 100 Å². The van der Waals surface area contributed by atoms with E-state index in [0.29, 0.717) is 0 Å². The zero-order chi connectivity index (χ0) is 14.0. The Hall–Kier alpha value is -0.160. The Labute approximate surface area is 149 Å². The second kappa shape index (κ2) is 4.67. The third-order valence-corrected chi connectivity index (χ3v) is 8.07. The maximum absolute atomic E-state index is 3.73. The highest BCUT2D eigenvalue weighted by Crippen LogP contribution is 2.48. The number of hydrogen-bond acceptors (Lipinski definition) is 0. The van der Waals surface area contributed by atoms with E-state index in [1.807, 2.05) is 0 Å². The van der Waals surface area contributed by atoms with Gasteiger partial charge < -0.3 is 0 Å². The van der Waals surface area contributed by atoms with E-state index >= 15 is 0 Å². The van der Waals surface area contributed by atoms with Crippen LogP contribution in [-0.4, -0.2) is 0 Å². The Balaban J connectivity index is 2.54. The lowest BCUT2D eigenvalue weighted by molar-refractivity contribution is 1.67. The van der Waals surface area contributed by atoms with Crippen molar-refractivity contribution in [3.8, 4) is 0 Å². The Morgan fingerprint density at radius 2 is 0.700 bits per heavy atom. The molecule has 0 aliphatic rings. The molecule has 98 valence electrons. The fourth-order valence-electron chi connectivity index (χ4n) is 2.85. The van der Waals surface area contributed by atoms with Gasteiger partial charge in [0.05, 0.1) is 0 Å². The lowest BCUT2D eigenvalue weighted by Crippen LogP contribution is -1.89. The van der Waals surface area contributed by atoms with Gasteiger partial charge in [0.15, 0.2) is 0 Å². The van der Waals surface area contributed by atoms with E-state index in [0.717, 1.165) is 17.9 Å². The van der Waals surface area contributed by atoms with Gasteiger partial charge >= 0.3 is 0 Å². The van der Waals surface area contributed by atoms with Crippen molar-refractivity contribution in [3.05, 3.63) is 54.3 Å². The van der Waals surface area contributed by atoms with Crippen LogP contribution < -0.4 is 0 Å². The molecule has 0 aliphatic heterocycles. The first-order valence-electron chi connectivity index (χ1n) is 5.99. The maximum atomic E-state index is 3.73. The van der Waals surface area contributed by atoms with Gasteiger partial charge in [-0.1, -0.05) is 36.4 Å². The van der Waals surface area contributed by atoms with Crippen LogP contribution in [0.25, 0.3) is 32.3 Å². The zero-order valence-electron chi connectivity index (χ0n) is 9.98. The molecule has 0 spiro atoms. The molecule has 0 fully saturated rings. The van der Waals surface area contributed by atoms with E-state index in [4.69, 9.17) is 0 Å². The highest BCUT2D eigenvalue weighted by molar-refractivity contribution is 9.13. The summed E-state index contributed by atoms with van der Waals surface area (Å²) in [6.07, 6.45) is 0. The number of hydrogen-bond donors (Lipinski definition) is 0. The van der Waals surface area contributed by atoms with Gasteiger partial charge in [0, 0.05) is 17.9 Å². The molecule has 0 aromatic heterocycles. The smallest absolute Gasteiger partial charge is 0.0402 e. The monoisotopic (exact) mass is 514 g/mol. The van der Waals surface area contributed by atoms with Gasteiger partial charge in [-0.2, -0.15) is 0 Å². The molecule has 4 aromatic rings. The second-order valence-electron chi connectivity index (χ2n) is 4.71. The van der Waals surface area contributed by atoms with Crippen LogP contribution >= 0.6 is 63.7 Å². The summed E-state index contributed by atoms with van der Waals surface area (Å²) in [5.41, 5.74) is 0. The quantitative estimate of drug-likeness (QED) is 0.210. The Morgan fingerprint density at radius 1 is 0.450 bits per heavy atom. The normalized spacial score (nSPS) is 12.0. The van der Waals surface area contributed by atoms with Crippen LogP contribution in [-0.2, 0) is 0 Å². The lowest BCUT2D eigenvalue weighted by Gasteiger charge is -2.16. The third kappa shape index (κ3) is 1.62. The van der Waals surface area contributed by atoms with Gasteiger partial charge in [0.25, 0.3) is 0 Å². The summed E-state index contributed by atoms with van der Waals surface area (Å²) in [6, 6.07) is 12.8. The Morgan fingerprint density at radius 3 is 0.950 bits per heavy atom. The van der Waals surface area contributed by atoms with Crippen LogP contribution in [0.2, 0.25) is 0 Å². The molecule has 4 heteroatoms. The molecular weight excluding hydrogens is 512 g/mol. The highest BCUT2D eigenvalue weighted by atomic mass is 79.9. The molecule has 0 nitrogen and oxygen atoms in total. The molecule has 0 saturated heterocycles. The molecule has 0 aliphatic carbocycles. The van der Waals surface area contributed by atoms with E-state index in [1.54, 1.807) is 0 Å². The molecule has 0 amide bonds. The van der Waals surface area contributed by atoms with E-state index < -0.39 is 0 Å². The highest BCUT2D eigenvalue weighted by Gasteiger charge is 2.18. The first-order valence-corrected chi connectivity index (χ1v) is 9.17. The average Bonchev–Trinajstić information content (AvgIpc) is 2.48.